The number of rotatable bonds is 14. The molecule has 0 saturated heterocycles. The zero-order chi connectivity index (χ0) is 13.5. The third-order valence-corrected chi connectivity index (χ3v) is 3.06. The van der Waals surface area contributed by atoms with Crippen LogP contribution in [0.1, 0.15) is 39.5 Å². The first kappa shape index (κ1) is 17.8. The summed E-state index contributed by atoms with van der Waals surface area (Å²) in [6.07, 6.45) is 5.08. The van der Waals surface area contributed by atoms with Crippen LogP contribution in [0.25, 0.3) is 0 Å². The van der Waals surface area contributed by atoms with Crippen molar-refractivity contribution in [3.05, 3.63) is 0 Å². The van der Waals surface area contributed by atoms with E-state index in [9.17, 15) is 0 Å². The van der Waals surface area contributed by atoms with Gasteiger partial charge in [-0.3, -0.25) is 0 Å². The van der Waals surface area contributed by atoms with Crippen LogP contribution >= 0.6 is 0 Å². The Kier molecular flexibility index (Phi) is 14.8. The summed E-state index contributed by atoms with van der Waals surface area (Å²) in [6.45, 7) is 12.9. The number of hydrogen-bond acceptors (Lipinski definition) is 4. The van der Waals surface area contributed by atoms with E-state index >= 15 is 0 Å². The van der Waals surface area contributed by atoms with Crippen LogP contribution in [0.15, 0.2) is 0 Å². The Morgan fingerprint density at radius 1 is 0.778 bits per heavy atom. The molecule has 0 atom stereocenters. The molecule has 4 N–H and O–H groups in total. The van der Waals surface area contributed by atoms with Crippen molar-refractivity contribution >= 4 is 0 Å². The van der Waals surface area contributed by atoms with Crippen molar-refractivity contribution in [1.82, 2.24) is 15.5 Å². The fourth-order valence-electron chi connectivity index (χ4n) is 1.87. The number of nitrogens with two attached hydrogens (primary N) is 1. The van der Waals surface area contributed by atoms with Gasteiger partial charge in [0.05, 0.1) is 0 Å². The fourth-order valence-corrected chi connectivity index (χ4v) is 1.87. The van der Waals surface area contributed by atoms with Gasteiger partial charge in [0, 0.05) is 39.3 Å². The molecule has 0 aliphatic rings. The maximum absolute atomic E-state index is 5.63. The van der Waals surface area contributed by atoms with Gasteiger partial charge in [-0.1, -0.05) is 26.7 Å². The predicted molar refractivity (Wildman–Crippen MR) is 81.0 cm³/mol. The molecular formula is C14H34N4. The van der Waals surface area contributed by atoms with Crippen molar-refractivity contribution in [2.45, 2.75) is 39.5 Å². The minimum atomic E-state index is 0.766. The molecule has 110 valence electrons. The van der Waals surface area contributed by atoms with Gasteiger partial charge in [0.25, 0.3) is 0 Å². The molecule has 0 aliphatic carbocycles. The minimum absolute atomic E-state index is 0.766. The standard InChI is InChI=1S/C14H34N4/c1-3-5-8-16-9-10-17-11-14-18(13-7-15)12-6-4-2/h16-17H,3-15H2,1-2H3. The highest BCUT2D eigenvalue weighted by Gasteiger charge is 2.01. The van der Waals surface area contributed by atoms with Crippen LogP contribution in [-0.2, 0) is 0 Å². The summed E-state index contributed by atoms with van der Waals surface area (Å²) in [5, 5.41) is 6.92. The normalized spacial score (nSPS) is 11.3. The first-order valence-corrected chi connectivity index (χ1v) is 7.69. The number of unbranched alkanes of at least 4 members (excludes halogenated alkanes) is 2. The molecule has 0 rings (SSSR count). The summed E-state index contributed by atoms with van der Waals surface area (Å²) in [7, 11) is 0. The van der Waals surface area contributed by atoms with E-state index in [4.69, 9.17) is 5.73 Å². The van der Waals surface area contributed by atoms with Crippen molar-refractivity contribution in [3.8, 4) is 0 Å². The molecule has 0 bridgehead atoms. The molecule has 0 fully saturated rings. The molecule has 4 heteroatoms. The Morgan fingerprint density at radius 2 is 1.44 bits per heavy atom. The molecule has 0 aromatic heterocycles. The Hall–Kier alpha value is -0.160. The molecule has 0 saturated carbocycles. The largest absolute Gasteiger partial charge is 0.329 e. The second-order valence-electron chi connectivity index (χ2n) is 4.84. The molecule has 0 aromatic rings. The molecule has 0 heterocycles. The van der Waals surface area contributed by atoms with E-state index in [1.165, 1.54) is 32.2 Å². The molecule has 0 aliphatic heterocycles. The first-order valence-electron chi connectivity index (χ1n) is 7.69. The van der Waals surface area contributed by atoms with Crippen LogP contribution in [-0.4, -0.2) is 57.3 Å². The maximum atomic E-state index is 5.63. The summed E-state index contributed by atoms with van der Waals surface area (Å²) in [6, 6.07) is 0. The summed E-state index contributed by atoms with van der Waals surface area (Å²) in [4.78, 5) is 2.46. The number of nitrogens with zero attached hydrogens (tertiary/aromatic N) is 1. The van der Waals surface area contributed by atoms with Crippen LogP contribution in [0.3, 0.4) is 0 Å². The number of nitrogens with one attached hydrogen (secondary N) is 2. The molecule has 4 nitrogen and oxygen atoms in total. The lowest BCUT2D eigenvalue weighted by atomic mass is 10.3. The summed E-state index contributed by atoms with van der Waals surface area (Å²) in [5.74, 6) is 0. The molecular weight excluding hydrogens is 224 g/mol. The van der Waals surface area contributed by atoms with E-state index < -0.39 is 0 Å². The van der Waals surface area contributed by atoms with Crippen LogP contribution in [0.2, 0.25) is 0 Å². The van der Waals surface area contributed by atoms with E-state index in [0.717, 1.165) is 45.8 Å². The molecule has 0 aromatic carbocycles. The van der Waals surface area contributed by atoms with E-state index in [2.05, 4.69) is 29.4 Å². The third-order valence-electron chi connectivity index (χ3n) is 3.06. The highest BCUT2D eigenvalue weighted by atomic mass is 15.1. The maximum Gasteiger partial charge on any atom is 0.0107 e. The molecule has 0 amide bonds. The van der Waals surface area contributed by atoms with Gasteiger partial charge in [-0.05, 0) is 25.9 Å². The van der Waals surface area contributed by atoms with Crippen molar-refractivity contribution in [3.63, 3.8) is 0 Å². The lowest BCUT2D eigenvalue weighted by Gasteiger charge is -2.21. The molecule has 0 radical (unpaired) electrons. The van der Waals surface area contributed by atoms with Crippen molar-refractivity contribution < 1.29 is 0 Å². The monoisotopic (exact) mass is 258 g/mol. The molecule has 0 unspecified atom stereocenters. The van der Waals surface area contributed by atoms with Gasteiger partial charge in [0.1, 0.15) is 0 Å². The highest BCUT2D eigenvalue weighted by Crippen LogP contribution is 1.93. The van der Waals surface area contributed by atoms with Crippen molar-refractivity contribution in [2.75, 3.05) is 52.4 Å². The van der Waals surface area contributed by atoms with E-state index in [1.54, 1.807) is 0 Å². The predicted octanol–water partition coefficient (Wildman–Crippen LogP) is 1.03. The Bertz CT molecular complexity index is 153. The lowest BCUT2D eigenvalue weighted by Crippen LogP contribution is -2.38. The van der Waals surface area contributed by atoms with Crippen LogP contribution in [0.5, 0.6) is 0 Å². The van der Waals surface area contributed by atoms with E-state index in [1.807, 2.05) is 0 Å². The SMILES string of the molecule is CCCCNCCNCCN(CCN)CCCC. The lowest BCUT2D eigenvalue weighted by molar-refractivity contribution is 0.276. The van der Waals surface area contributed by atoms with Crippen molar-refractivity contribution in [1.29, 1.82) is 0 Å². The second-order valence-corrected chi connectivity index (χ2v) is 4.84. The Morgan fingerprint density at radius 3 is 2.06 bits per heavy atom. The second kappa shape index (κ2) is 14.9. The topological polar surface area (TPSA) is 53.3 Å². The fraction of sp³-hybridized carbons (Fsp3) is 1.00. The zero-order valence-corrected chi connectivity index (χ0v) is 12.5. The van der Waals surface area contributed by atoms with Gasteiger partial charge in [0.15, 0.2) is 0 Å². The van der Waals surface area contributed by atoms with Gasteiger partial charge in [0.2, 0.25) is 0 Å². The molecule has 18 heavy (non-hydrogen) atoms. The van der Waals surface area contributed by atoms with Crippen LogP contribution < -0.4 is 16.4 Å². The zero-order valence-electron chi connectivity index (χ0n) is 12.5. The average molecular weight is 258 g/mol. The van der Waals surface area contributed by atoms with Crippen LogP contribution in [0.4, 0.5) is 0 Å². The van der Waals surface area contributed by atoms with E-state index in [0.29, 0.717) is 0 Å². The van der Waals surface area contributed by atoms with E-state index in [-0.39, 0.29) is 0 Å². The highest BCUT2D eigenvalue weighted by molar-refractivity contribution is 4.61. The number of hydrogen-bond donors (Lipinski definition) is 3. The minimum Gasteiger partial charge on any atom is -0.329 e. The first-order chi connectivity index (χ1) is 8.85. The van der Waals surface area contributed by atoms with Gasteiger partial charge >= 0.3 is 0 Å². The van der Waals surface area contributed by atoms with Crippen molar-refractivity contribution in [2.24, 2.45) is 5.73 Å². The Balaban J connectivity index is 3.31. The van der Waals surface area contributed by atoms with Gasteiger partial charge in [-0.2, -0.15) is 0 Å². The summed E-state index contributed by atoms with van der Waals surface area (Å²) < 4.78 is 0. The summed E-state index contributed by atoms with van der Waals surface area (Å²) >= 11 is 0. The van der Waals surface area contributed by atoms with Gasteiger partial charge in [-0.15, -0.1) is 0 Å². The quantitative estimate of drug-likeness (QED) is 0.407. The average Bonchev–Trinajstić information content (AvgIpc) is 2.39. The van der Waals surface area contributed by atoms with Crippen LogP contribution in [0, 0.1) is 0 Å². The van der Waals surface area contributed by atoms with Gasteiger partial charge in [-0.25, -0.2) is 0 Å². The third kappa shape index (κ3) is 12.3. The Labute approximate surface area is 114 Å². The summed E-state index contributed by atoms with van der Waals surface area (Å²) in [5.41, 5.74) is 5.63. The smallest absolute Gasteiger partial charge is 0.0107 e. The molecule has 0 spiro atoms. The van der Waals surface area contributed by atoms with Gasteiger partial charge < -0.3 is 21.3 Å².